The molecule has 1 amide bonds. The number of carboxylic acid groups (broad SMARTS) is 1. The van der Waals surface area contributed by atoms with Crippen LogP contribution in [0.15, 0.2) is 18.2 Å². The first-order chi connectivity index (χ1) is 17.6. The molecule has 1 aliphatic heterocycles. The van der Waals surface area contributed by atoms with E-state index in [-0.39, 0.29) is 47.1 Å². The van der Waals surface area contributed by atoms with Crippen molar-refractivity contribution in [2.24, 2.45) is 11.8 Å². The third kappa shape index (κ3) is 4.72. The summed E-state index contributed by atoms with van der Waals surface area (Å²) in [5.74, 6) is -1.77. The highest BCUT2D eigenvalue weighted by molar-refractivity contribution is 6.01. The Morgan fingerprint density at radius 1 is 1.22 bits per heavy atom. The number of rotatable bonds is 7. The van der Waals surface area contributed by atoms with Gasteiger partial charge in [-0.15, -0.1) is 0 Å². The van der Waals surface area contributed by atoms with Crippen LogP contribution in [0.5, 0.6) is 5.88 Å². The number of ether oxygens (including phenoxy) is 1. The number of aryl methyl sites for hydroxylation is 1. The Kier molecular flexibility index (Phi) is 6.52. The number of carboxylic acids is 1. The molecule has 5 rings (SSSR count). The molecule has 0 unspecified atom stereocenters. The van der Waals surface area contributed by atoms with Gasteiger partial charge in [-0.25, -0.2) is 9.37 Å². The maximum Gasteiger partial charge on any atom is 0.303 e. The van der Waals surface area contributed by atoms with Crippen molar-refractivity contribution >= 4 is 23.3 Å². The van der Waals surface area contributed by atoms with Crippen molar-refractivity contribution in [1.82, 2.24) is 10.3 Å². The molecule has 2 aliphatic carbocycles. The number of hydrogen-bond donors (Lipinski definition) is 3. The summed E-state index contributed by atoms with van der Waals surface area (Å²) in [5, 5.41) is 15.1. The SMILES string of the molecule is COc1nc2c(cc1C(=O)[C@H]1C[C@@H](CC(=O)O)C1)[C@H](C(=O)Nc1cc(F)c3c(c1)CCC3(C)C)NCC2. The zero-order valence-corrected chi connectivity index (χ0v) is 21.3. The summed E-state index contributed by atoms with van der Waals surface area (Å²) in [4.78, 5) is 42.1. The van der Waals surface area contributed by atoms with Crippen LogP contribution in [0.3, 0.4) is 0 Å². The predicted octanol–water partition coefficient (Wildman–Crippen LogP) is 3.96. The summed E-state index contributed by atoms with van der Waals surface area (Å²) in [5.41, 5.74) is 3.37. The molecular weight excluding hydrogens is 477 g/mol. The van der Waals surface area contributed by atoms with Gasteiger partial charge in [0, 0.05) is 36.6 Å². The second-order valence-corrected chi connectivity index (χ2v) is 11.1. The zero-order chi connectivity index (χ0) is 26.5. The number of Topliss-reactive ketones (excluding diaryl/α,β-unsaturated/α-hetero) is 1. The monoisotopic (exact) mass is 509 g/mol. The Hall–Kier alpha value is -3.33. The molecule has 1 fully saturated rings. The summed E-state index contributed by atoms with van der Waals surface area (Å²) >= 11 is 0. The Morgan fingerprint density at radius 2 is 1.97 bits per heavy atom. The first-order valence-electron chi connectivity index (χ1n) is 12.8. The predicted molar refractivity (Wildman–Crippen MR) is 134 cm³/mol. The number of methoxy groups -OCH3 is 1. The smallest absolute Gasteiger partial charge is 0.303 e. The van der Waals surface area contributed by atoms with E-state index < -0.39 is 12.0 Å². The molecule has 0 saturated heterocycles. The first-order valence-corrected chi connectivity index (χ1v) is 12.8. The number of anilines is 1. The van der Waals surface area contributed by atoms with Crippen LogP contribution in [0.2, 0.25) is 0 Å². The highest BCUT2D eigenvalue weighted by Crippen LogP contribution is 2.42. The molecule has 8 nitrogen and oxygen atoms in total. The second-order valence-electron chi connectivity index (χ2n) is 11.1. The fourth-order valence-corrected chi connectivity index (χ4v) is 6.07. The molecule has 9 heteroatoms. The van der Waals surface area contributed by atoms with E-state index in [2.05, 4.69) is 15.6 Å². The first kappa shape index (κ1) is 25.3. The van der Waals surface area contributed by atoms with E-state index in [1.54, 1.807) is 6.07 Å². The van der Waals surface area contributed by atoms with Crippen molar-refractivity contribution < 1.29 is 28.6 Å². The average molecular weight is 510 g/mol. The number of pyridine rings is 1. The lowest BCUT2D eigenvalue weighted by Gasteiger charge is -2.34. The van der Waals surface area contributed by atoms with Gasteiger partial charge in [0.2, 0.25) is 11.8 Å². The largest absolute Gasteiger partial charge is 0.481 e. The maximum absolute atomic E-state index is 15.0. The number of fused-ring (bicyclic) bond motifs is 2. The van der Waals surface area contributed by atoms with Crippen LogP contribution in [0.1, 0.15) is 78.3 Å². The molecule has 0 radical (unpaired) electrons. The summed E-state index contributed by atoms with van der Waals surface area (Å²) in [6.45, 7) is 4.57. The third-order valence-corrected chi connectivity index (χ3v) is 8.05. The van der Waals surface area contributed by atoms with E-state index in [0.29, 0.717) is 53.9 Å². The second kappa shape index (κ2) is 9.52. The van der Waals surface area contributed by atoms with Crippen LogP contribution in [0, 0.1) is 17.7 Å². The normalized spacial score (nSPS) is 23.4. The number of carbonyl (C=O) groups is 3. The molecule has 0 spiro atoms. The standard InChI is InChI=1S/C28H32FN3O5/c1-28(2)6-4-15-11-17(12-20(29)23(15)28)31-26(36)24-18-13-19(27(37-3)32-21(18)5-7-30-24)25(35)16-8-14(9-16)10-22(33)34/h11-14,16,24,30H,4-10H2,1-3H3,(H,31,36)(H,33,34)/t14-,16+,24-/m1/s1. The summed E-state index contributed by atoms with van der Waals surface area (Å²) in [6.07, 6.45) is 3.25. The number of nitrogens with zero attached hydrogens (tertiary/aromatic N) is 1. The molecular formula is C28H32FN3O5. The number of ketones is 1. The molecule has 3 aliphatic rings. The number of aromatic nitrogens is 1. The Balaban J connectivity index is 1.38. The average Bonchev–Trinajstić information content (AvgIpc) is 3.13. The lowest BCUT2D eigenvalue weighted by molar-refractivity contribution is -0.139. The number of nitrogens with one attached hydrogen (secondary N) is 2. The van der Waals surface area contributed by atoms with E-state index >= 15 is 0 Å². The third-order valence-electron chi connectivity index (χ3n) is 8.05. The van der Waals surface area contributed by atoms with Gasteiger partial charge in [-0.3, -0.25) is 14.4 Å². The molecule has 2 aromatic rings. The zero-order valence-electron chi connectivity index (χ0n) is 21.3. The van der Waals surface area contributed by atoms with E-state index in [9.17, 15) is 18.8 Å². The van der Waals surface area contributed by atoms with Crippen LogP contribution in [0.4, 0.5) is 10.1 Å². The highest BCUT2D eigenvalue weighted by atomic mass is 19.1. The quantitative estimate of drug-likeness (QED) is 0.484. The molecule has 2 heterocycles. The number of amides is 1. The molecule has 37 heavy (non-hydrogen) atoms. The van der Waals surface area contributed by atoms with Gasteiger partial charge < -0.3 is 20.5 Å². The van der Waals surface area contributed by atoms with Gasteiger partial charge in [0.1, 0.15) is 11.9 Å². The minimum Gasteiger partial charge on any atom is -0.481 e. The highest BCUT2D eigenvalue weighted by Gasteiger charge is 2.39. The fraction of sp³-hybridized carbons (Fsp3) is 0.500. The van der Waals surface area contributed by atoms with Crippen molar-refractivity contribution in [3.8, 4) is 5.88 Å². The Morgan fingerprint density at radius 3 is 2.68 bits per heavy atom. The van der Waals surface area contributed by atoms with Gasteiger partial charge in [0.05, 0.1) is 18.4 Å². The molecule has 196 valence electrons. The number of halogens is 1. The number of carbonyl (C=O) groups excluding carboxylic acids is 2. The molecule has 3 N–H and O–H groups in total. The van der Waals surface area contributed by atoms with E-state index in [0.717, 1.165) is 18.4 Å². The Bertz CT molecular complexity index is 1290. The van der Waals surface area contributed by atoms with Gasteiger partial charge in [-0.1, -0.05) is 13.8 Å². The maximum atomic E-state index is 15.0. The lowest BCUT2D eigenvalue weighted by atomic mass is 9.70. The molecule has 1 atom stereocenters. The van der Waals surface area contributed by atoms with Gasteiger partial charge in [-0.2, -0.15) is 0 Å². The topological polar surface area (TPSA) is 118 Å². The fourth-order valence-electron chi connectivity index (χ4n) is 6.07. The van der Waals surface area contributed by atoms with Crippen molar-refractivity contribution in [2.45, 2.75) is 63.8 Å². The van der Waals surface area contributed by atoms with E-state index in [4.69, 9.17) is 9.84 Å². The summed E-state index contributed by atoms with van der Waals surface area (Å²) in [7, 11) is 1.45. The van der Waals surface area contributed by atoms with Crippen LogP contribution in [0.25, 0.3) is 0 Å². The van der Waals surface area contributed by atoms with Crippen molar-refractivity contribution in [2.75, 3.05) is 19.0 Å². The van der Waals surface area contributed by atoms with Gasteiger partial charge in [-0.05, 0) is 66.3 Å². The van der Waals surface area contributed by atoms with Gasteiger partial charge in [0.15, 0.2) is 5.78 Å². The van der Waals surface area contributed by atoms with Gasteiger partial charge >= 0.3 is 5.97 Å². The number of aliphatic carboxylic acids is 1. The molecule has 1 saturated carbocycles. The number of hydrogen-bond acceptors (Lipinski definition) is 6. The lowest BCUT2D eigenvalue weighted by Crippen LogP contribution is -2.39. The van der Waals surface area contributed by atoms with E-state index in [1.165, 1.54) is 13.2 Å². The number of benzene rings is 1. The minimum absolute atomic E-state index is 0.0125. The Labute approximate surface area is 215 Å². The van der Waals surface area contributed by atoms with Gasteiger partial charge in [0.25, 0.3) is 0 Å². The van der Waals surface area contributed by atoms with Crippen LogP contribution in [-0.2, 0) is 27.8 Å². The minimum atomic E-state index is -0.865. The van der Waals surface area contributed by atoms with Crippen molar-refractivity contribution in [3.05, 3.63) is 52.0 Å². The van der Waals surface area contributed by atoms with Crippen molar-refractivity contribution in [1.29, 1.82) is 0 Å². The van der Waals surface area contributed by atoms with E-state index in [1.807, 2.05) is 19.9 Å². The molecule has 1 aromatic heterocycles. The summed E-state index contributed by atoms with van der Waals surface area (Å²) < 4.78 is 20.4. The van der Waals surface area contributed by atoms with Crippen LogP contribution in [-0.4, -0.2) is 41.4 Å². The molecule has 0 bridgehead atoms. The van der Waals surface area contributed by atoms with Crippen molar-refractivity contribution in [3.63, 3.8) is 0 Å². The van der Waals surface area contributed by atoms with Crippen LogP contribution < -0.4 is 15.4 Å². The molecule has 1 aromatic carbocycles. The van der Waals surface area contributed by atoms with Crippen LogP contribution >= 0.6 is 0 Å². The summed E-state index contributed by atoms with van der Waals surface area (Å²) in [6, 6.07) is 4.14.